The molecule has 1 aromatic carbocycles. The third-order valence-electron chi connectivity index (χ3n) is 4.08. The summed E-state index contributed by atoms with van der Waals surface area (Å²) in [6.07, 6.45) is 0.521. The quantitative estimate of drug-likeness (QED) is 0.707. The highest BCUT2D eigenvalue weighted by atomic mass is 35.5. The van der Waals surface area contributed by atoms with Gasteiger partial charge < -0.3 is 19.1 Å². The minimum absolute atomic E-state index is 0.239. The van der Waals surface area contributed by atoms with Crippen LogP contribution in [0.4, 0.5) is 11.5 Å². The van der Waals surface area contributed by atoms with Crippen molar-refractivity contribution < 1.29 is 14.2 Å². The molecule has 1 aromatic heterocycles. The predicted octanol–water partition coefficient (Wildman–Crippen LogP) is 3.83. The van der Waals surface area contributed by atoms with E-state index in [1.165, 1.54) is 0 Å². The molecular weight excluding hydrogens is 377 g/mol. The fourth-order valence-electron chi connectivity index (χ4n) is 3.01. The summed E-state index contributed by atoms with van der Waals surface area (Å²) in [4.78, 5) is 11.2. The molecule has 140 valence electrons. The number of hydrogen-bond donors (Lipinski definition) is 0. The molecule has 0 saturated carbocycles. The second-order valence-electron chi connectivity index (χ2n) is 6.03. The van der Waals surface area contributed by atoms with Crippen molar-refractivity contribution in [2.75, 3.05) is 38.9 Å². The first kappa shape index (κ1) is 19.2. The molecule has 2 aromatic rings. The van der Waals surface area contributed by atoms with Crippen molar-refractivity contribution >= 4 is 34.7 Å². The molecule has 0 N–H and O–H groups in total. The Labute approximate surface area is 163 Å². The molecule has 26 heavy (non-hydrogen) atoms. The molecule has 3 rings (SSSR count). The van der Waals surface area contributed by atoms with Gasteiger partial charge in [-0.3, -0.25) is 0 Å². The number of methoxy groups -OCH3 is 2. The van der Waals surface area contributed by atoms with Gasteiger partial charge in [-0.1, -0.05) is 23.2 Å². The van der Waals surface area contributed by atoms with Gasteiger partial charge in [0.25, 0.3) is 0 Å². The number of rotatable bonds is 7. The first-order chi connectivity index (χ1) is 12.5. The number of fused-ring (bicyclic) bond motifs is 1. The van der Waals surface area contributed by atoms with E-state index in [4.69, 9.17) is 37.4 Å². The summed E-state index contributed by atoms with van der Waals surface area (Å²) in [6.45, 7) is 3.41. The lowest BCUT2D eigenvalue weighted by molar-refractivity contribution is 0.0216. The number of ether oxygens (including phenoxy) is 3. The minimum atomic E-state index is -0.239. The molecule has 0 spiro atoms. The highest BCUT2D eigenvalue weighted by Gasteiger charge is 2.29. The van der Waals surface area contributed by atoms with Crippen molar-refractivity contribution in [1.82, 2.24) is 9.97 Å². The van der Waals surface area contributed by atoms with E-state index < -0.39 is 0 Å². The largest absolute Gasteiger partial charge is 0.469 e. The van der Waals surface area contributed by atoms with Gasteiger partial charge in [-0.25, -0.2) is 4.98 Å². The topological polar surface area (TPSA) is 56.7 Å². The number of halogens is 2. The Kier molecular flexibility index (Phi) is 6.19. The van der Waals surface area contributed by atoms with E-state index >= 15 is 0 Å². The zero-order valence-corrected chi connectivity index (χ0v) is 16.5. The van der Waals surface area contributed by atoms with E-state index in [-0.39, 0.29) is 6.10 Å². The van der Waals surface area contributed by atoms with Crippen molar-refractivity contribution in [2.24, 2.45) is 0 Å². The summed E-state index contributed by atoms with van der Waals surface area (Å²) in [7, 11) is 3.26. The van der Waals surface area contributed by atoms with Gasteiger partial charge in [-0.05, 0) is 31.5 Å². The second-order valence-corrected chi connectivity index (χ2v) is 6.87. The van der Waals surface area contributed by atoms with Crippen molar-refractivity contribution in [3.8, 4) is 5.88 Å². The zero-order chi connectivity index (χ0) is 18.7. The fraction of sp³-hybridized carbons (Fsp3) is 0.444. The monoisotopic (exact) mass is 397 g/mol. The van der Waals surface area contributed by atoms with E-state index in [9.17, 15) is 0 Å². The molecular formula is C18H21Cl2N3O3. The Morgan fingerprint density at radius 3 is 2.54 bits per heavy atom. The summed E-state index contributed by atoms with van der Waals surface area (Å²) in [5, 5.41) is 1.18. The highest BCUT2D eigenvalue weighted by molar-refractivity contribution is 6.36. The molecule has 0 bridgehead atoms. The molecule has 0 fully saturated rings. The van der Waals surface area contributed by atoms with Crippen molar-refractivity contribution in [3.05, 3.63) is 39.6 Å². The Morgan fingerprint density at radius 2 is 1.88 bits per heavy atom. The third kappa shape index (κ3) is 4.04. The molecule has 0 unspecified atom stereocenters. The van der Waals surface area contributed by atoms with Crippen LogP contribution in [0.5, 0.6) is 5.88 Å². The third-order valence-corrected chi connectivity index (χ3v) is 4.62. The average molecular weight is 398 g/mol. The number of anilines is 2. The molecule has 0 atom stereocenters. The molecule has 6 nitrogen and oxygen atoms in total. The van der Waals surface area contributed by atoms with Gasteiger partial charge in [0.2, 0.25) is 5.88 Å². The smallest absolute Gasteiger partial charge is 0.222 e. The van der Waals surface area contributed by atoms with Crippen LogP contribution in [-0.2, 0) is 15.9 Å². The highest BCUT2D eigenvalue weighted by Crippen LogP contribution is 2.40. The lowest BCUT2D eigenvalue weighted by atomic mass is 10.2. The van der Waals surface area contributed by atoms with E-state index in [0.29, 0.717) is 35.0 Å². The maximum Gasteiger partial charge on any atom is 0.222 e. The van der Waals surface area contributed by atoms with Crippen LogP contribution >= 0.6 is 23.2 Å². The van der Waals surface area contributed by atoms with Crippen LogP contribution in [0.2, 0.25) is 10.0 Å². The Hall–Kier alpha value is -1.60. The summed E-state index contributed by atoms with van der Waals surface area (Å²) in [5.74, 6) is 2.01. The Balaban J connectivity index is 1.95. The van der Waals surface area contributed by atoms with Crippen molar-refractivity contribution in [3.63, 3.8) is 0 Å². The Morgan fingerprint density at radius 1 is 1.15 bits per heavy atom. The van der Waals surface area contributed by atoms with E-state index in [0.717, 1.165) is 30.0 Å². The number of aryl methyl sites for hydroxylation is 1. The molecule has 8 heteroatoms. The van der Waals surface area contributed by atoms with Gasteiger partial charge >= 0.3 is 0 Å². The lowest BCUT2D eigenvalue weighted by Gasteiger charge is -2.21. The van der Waals surface area contributed by atoms with Gasteiger partial charge in [0.05, 0.1) is 29.5 Å². The van der Waals surface area contributed by atoms with Crippen LogP contribution < -0.4 is 9.64 Å². The molecule has 1 aliphatic heterocycles. The van der Waals surface area contributed by atoms with Crippen LogP contribution in [0.15, 0.2) is 18.2 Å². The van der Waals surface area contributed by atoms with E-state index in [1.54, 1.807) is 20.3 Å². The molecule has 2 heterocycles. The number of benzene rings is 1. The molecule has 1 aliphatic rings. The van der Waals surface area contributed by atoms with Gasteiger partial charge in [-0.2, -0.15) is 4.98 Å². The standard InChI is InChI=1S/C18H21Cl2N3O3/c1-11-21-17-14(18(22-11)26-13(9-24-2)10-25-3)6-7-23(17)16-5-4-12(19)8-15(16)20/h4-5,8,13H,6-7,9-10H2,1-3H3. The van der Waals surface area contributed by atoms with Gasteiger partial charge in [0.15, 0.2) is 0 Å². The maximum atomic E-state index is 6.39. The first-order valence-electron chi connectivity index (χ1n) is 8.28. The number of aromatic nitrogens is 2. The molecule has 0 aliphatic carbocycles. The summed E-state index contributed by atoms with van der Waals surface area (Å²) >= 11 is 12.4. The summed E-state index contributed by atoms with van der Waals surface area (Å²) in [5.41, 5.74) is 1.82. The lowest BCUT2D eigenvalue weighted by Crippen LogP contribution is -2.28. The molecule has 0 saturated heterocycles. The van der Waals surface area contributed by atoms with E-state index in [1.807, 2.05) is 19.1 Å². The predicted molar refractivity (Wildman–Crippen MR) is 102 cm³/mol. The van der Waals surface area contributed by atoms with Crippen LogP contribution in [0.3, 0.4) is 0 Å². The van der Waals surface area contributed by atoms with Gasteiger partial charge in [-0.15, -0.1) is 0 Å². The van der Waals surface area contributed by atoms with Gasteiger partial charge in [0.1, 0.15) is 17.7 Å². The van der Waals surface area contributed by atoms with Crippen LogP contribution in [0, 0.1) is 6.92 Å². The van der Waals surface area contributed by atoms with Crippen LogP contribution in [-0.4, -0.2) is 50.1 Å². The van der Waals surface area contributed by atoms with Crippen molar-refractivity contribution in [2.45, 2.75) is 19.4 Å². The summed E-state index contributed by atoms with van der Waals surface area (Å²) < 4.78 is 16.5. The van der Waals surface area contributed by atoms with Gasteiger partial charge in [0, 0.05) is 25.8 Å². The number of hydrogen-bond acceptors (Lipinski definition) is 6. The average Bonchev–Trinajstić information content (AvgIpc) is 2.99. The number of nitrogens with zero attached hydrogens (tertiary/aromatic N) is 3. The van der Waals surface area contributed by atoms with Crippen LogP contribution in [0.1, 0.15) is 11.4 Å². The Bertz CT molecular complexity index is 783. The SMILES string of the molecule is COCC(COC)Oc1nc(C)nc2c1CCN2c1ccc(Cl)cc1Cl. The zero-order valence-electron chi connectivity index (χ0n) is 15.0. The minimum Gasteiger partial charge on any atom is -0.469 e. The maximum absolute atomic E-state index is 6.39. The molecule has 0 amide bonds. The second kappa shape index (κ2) is 8.39. The first-order valence-corrected chi connectivity index (χ1v) is 9.03. The fourth-order valence-corrected chi connectivity index (χ4v) is 3.52. The van der Waals surface area contributed by atoms with E-state index in [2.05, 4.69) is 14.9 Å². The molecule has 0 radical (unpaired) electrons. The van der Waals surface area contributed by atoms with Crippen LogP contribution in [0.25, 0.3) is 0 Å². The normalized spacial score (nSPS) is 13.4. The summed E-state index contributed by atoms with van der Waals surface area (Å²) in [6, 6.07) is 5.45. The van der Waals surface area contributed by atoms with Crippen molar-refractivity contribution in [1.29, 1.82) is 0 Å².